The third-order valence-electron chi connectivity index (χ3n) is 7.91. The first-order valence-electron chi connectivity index (χ1n) is 16.3. The SMILES string of the molecule is BrCc1ccc(Br)cc1.COC(=O)C(Cc1ccc(Br)cc1)c1cccc(-c2ccccc2)c1.COC(=O)Cc1cccc(-c2ccccc2)c1. The van der Waals surface area contributed by atoms with Gasteiger partial charge < -0.3 is 9.47 Å². The van der Waals surface area contributed by atoms with Crippen molar-refractivity contribution in [1.29, 1.82) is 0 Å². The molecule has 0 aliphatic heterocycles. The molecule has 0 aromatic heterocycles. The molecule has 0 spiro atoms. The largest absolute Gasteiger partial charge is 0.469 e. The van der Waals surface area contributed by atoms with E-state index in [4.69, 9.17) is 4.74 Å². The van der Waals surface area contributed by atoms with Gasteiger partial charge >= 0.3 is 11.9 Å². The number of carbonyl (C=O) groups is 2. The summed E-state index contributed by atoms with van der Waals surface area (Å²) in [4.78, 5) is 23.6. The molecule has 6 rings (SSSR count). The second kappa shape index (κ2) is 21.2. The summed E-state index contributed by atoms with van der Waals surface area (Å²) in [6, 6.07) is 52.6. The summed E-state index contributed by atoms with van der Waals surface area (Å²) in [6.07, 6.45) is 0.926. The fourth-order valence-corrected chi connectivity index (χ4v) is 6.11. The number of rotatable bonds is 9. The van der Waals surface area contributed by atoms with E-state index in [-0.39, 0.29) is 17.9 Å². The van der Waals surface area contributed by atoms with Crippen molar-refractivity contribution in [1.82, 2.24) is 0 Å². The van der Waals surface area contributed by atoms with Crippen LogP contribution < -0.4 is 0 Å². The Morgan fingerprint density at radius 1 is 0.529 bits per heavy atom. The third kappa shape index (κ3) is 13.1. The lowest BCUT2D eigenvalue weighted by atomic mass is 9.90. The first kappa shape index (κ1) is 39.5. The smallest absolute Gasteiger partial charge is 0.313 e. The van der Waals surface area contributed by atoms with Crippen LogP contribution in [0.3, 0.4) is 0 Å². The molecule has 0 saturated carbocycles. The molecule has 0 radical (unpaired) electrons. The minimum atomic E-state index is -0.324. The Morgan fingerprint density at radius 2 is 1.02 bits per heavy atom. The number of esters is 2. The minimum absolute atomic E-state index is 0.213. The number of carbonyl (C=O) groups excluding carboxylic acids is 2. The van der Waals surface area contributed by atoms with Crippen molar-refractivity contribution in [2.24, 2.45) is 0 Å². The summed E-state index contributed by atoms with van der Waals surface area (Å²) in [5.41, 5.74) is 8.85. The van der Waals surface area contributed by atoms with Crippen LogP contribution in [0.2, 0.25) is 0 Å². The van der Waals surface area contributed by atoms with Crippen LogP contribution in [0.15, 0.2) is 167 Å². The molecule has 1 atom stereocenters. The van der Waals surface area contributed by atoms with Crippen LogP contribution in [0.5, 0.6) is 0 Å². The second-order valence-electron chi connectivity index (χ2n) is 11.5. The summed E-state index contributed by atoms with van der Waals surface area (Å²) in [5, 5.41) is 0.931. The normalized spacial score (nSPS) is 10.8. The number of hydrogen-bond acceptors (Lipinski definition) is 4. The highest BCUT2D eigenvalue weighted by Gasteiger charge is 2.22. The second-order valence-corrected chi connectivity index (χ2v) is 13.9. The summed E-state index contributed by atoms with van der Waals surface area (Å²) < 4.78 is 11.9. The number of halogens is 3. The van der Waals surface area contributed by atoms with Crippen LogP contribution in [0, 0.1) is 0 Å². The molecule has 0 N–H and O–H groups in total. The van der Waals surface area contributed by atoms with Crippen molar-refractivity contribution in [2.75, 3.05) is 14.2 Å². The van der Waals surface area contributed by atoms with E-state index < -0.39 is 0 Å². The van der Waals surface area contributed by atoms with Gasteiger partial charge in [0.25, 0.3) is 0 Å². The average molecular weight is 872 g/mol. The Labute approximate surface area is 326 Å². The average Bonchev–Trinajstić information content (AvgIpc) is 3.19. The molecule has 0 aliphatic carbocycles. The van der Waals surface area contributed by atoms with Gasteiger partial charge in [-0.05, 0) is 75.2 Å². The highest BCUT2D eigenvalue weighted by Crippen LogP contribution is 2.28. The molecule has 0 saturated heterocycles. The van der Waals surface area contributed by atoms with Crippen LogP contribution in [-0.2, 0) is 37.2 Å². The van der Waals surface area contributed by atoms with Crippen LogP contribution in [0.25, 0.3) is 22.3 Å². The van der Waals surface area contributed by atoms with E-state index in [0.717, 1.165) is 53.2 Å². The van der Waals surface area contributed by atoms with Crippen LogP contribution in [-0.4, -0.2) is 26.2 Å². The third-order valence-corrected chi connectivity index (χ3v) is 9.62. The predicted octanol–water partition coefficient (Wildman–Crippen LogP) is 12.0. The highest BCUT2D eigenvalue weighted by atomic mass is 79.9. The lowest BCUT2D eigenvalue weighted by Crippen LogP contribution is -2.17. The molecule has 4 nitrogen and oxygen atoms in total. The zero-order valence-corrected chi connectivity index (χ0v) is 33.2. The van der Waals surface area contributed by atoms with E-state index in [1.54, 1.807) is 0 Å². The Morgan fingerprint density at radius 3 is 1.53 bits per heavy atom. The van der Waals surface area contributed by atoms with E-state index in [0.29, 0.717) is 12.8 Å². The van der Waals surface area contributed by atoms with Crippen molar-refractivity contribution in [3.63, 3.8) is 0 Å². The van der Waals surface area contributed by atoms with Gasteiger partial charge in [0, 0.05) is 14.3 Å². The van der Waals surface area contributed by atoms with Crippen molar-refractivity contribution < 1.29 is 19.1 Å². The lowest BCUT2D eigenvalue weighted by molar-refractivity contribution is -0.142. The summed E-state index contributed by atoms with van der Waals surface area (Å²) >= 11 is 10.2. The van der Waals surface area contributed by atoms with Gasteiger partial charge in [-0.25, -0.2) is 0 Å². The zero-order chi connectivity index (χ0) is 36.4. The van der Waals surface area contributed by atoms with Gasteiger partial charge in [-0.1, -0.05) is 181 Å². The lowest BCUT2D eigenvalue weighted by Gasteiger charge is -2.16. The number of hydrogen-bond donors (Lipinski definition) is 0. The molecular weight excluding hydrogens is 832 g/mol. The molecule has 0 heterocycles. The van der Waals surface area contributed by atoms with E-state index in [9.17, 15) is 9.59 Å². The van der Waals surface area contributed by atoms with Crippen molar-refractivity contribution in [3.8, 4) is 22.3 Å². The van der Waals surface area contributed by atoms with Gasteiger partial charge in [-0.2, -0.15) is 0 Å². The first-order chi connectivity index (χ1) is 24.8. The molecule has 0 aliphatic rings. The van der Waals surface area contributed by atoms with Gasteiger partial charge in [-0.3, -0.25) is 9.59 Å². The van der Waals surface area contributed by atoms with E-state index in [2.05, 4.69) is 101 Å². The molecule has 0 fully saturated rings. The molecule has 0 amide bonds. The summed E-state index contributed by atoms with van der Waals surface area (Å²) in [6.45, 7) is 0. The number of alkyl halides is 1. The number of ether oxygens (including phenoxy) is 2. The quantitative estimate of drug-likeness (QED) is 0.107. The fourth-order valence-electron chi connectivity index (χ4n) is 5.21. The first-order valence-corrected chi connectivity index (χ1v) is 19.0. The standard InChI is InChI=1S/C22H19BrO2.C15H14O2.C7H6Br2/c1-25-22(24)21(14-16-10-12-20(23)13-11-16)19-9-5-8-18(15-19)17-6-3-2-4-7-17;1-17-15(16)11-12-6-5-9-14(10-12)13-7-3-2-4-8-13;8-5-6-1-3-7(9)4-2-6/h2-13,15,21H,14H2,1H3;2-10H,11H2,1H3;1-4H,5H2. The minimum Gasteiger partial charge on any atom is -0.469 e. The van der Waals surface area contributed by atoms with Crippen molar-refractivity contribution in [2.45, 2.75) is 24.1 Å². The Bertz CT molecular complexity index is 1950. The molecule has 1 unspecified atom stereocenters. The summed E-state index contributed by atoms with van der Waals surface area (Å²) in [5.74, 6) is -0.752. The van der Waals surface area contributed by atoms with Crippen molar-refractivity contribution in [3.05, 3.63) is 189 Å². The molecule has 260 valence electrons. The van der Waals surface area contributed by atoms with E-state index >= 15 is 0 Å². The maximum Gasteiger partial charge on any atom is 0.313 e. The van der Waals surface area contributed by atoms with Crippen molar-refractivity contribution >= 4 is 59.7 Å². The monoisotopic (exact) mass is 868 g/mol. The Hall–Kier alpha value is -4.30. The molecule has 6 aromatic rings. The van der Waals surface area contributed by atoms with Gasteiger partial charge in [0.2, 0.25) is 0 Å². The Balaban J connectivity index is 0.000000192. The maximum absolute atomic E-state index is 12.4. The molecule has 0 bridgehead atoms. The Kier molecular flexibility index (Phi) is 16.4. The molecule has 6 aromatic carbocycles. The zero-order valence-electron chi connectivity index (χ0n) is 28.5. The van der Waals surface area contributed by atoms with Gasteiger partial charge in [0.15, 0.2) is 0 Å². The maximum atomic E-state index is 12.4. The van der Waals surface area contributed by atoms with Crippen LogP contribution in [0.4, 0.5) is 0 Å². The van der Waals surface area contributed by atoms with Gasteiger partial charge in [0.05, 0.1) is 26.6 Å². The van der Waals surface area contributed by atoms with E-state index in [1.807, 2.05) is 109 Å². The fraction of sp³-hybridized carbons (Fsp3) is 0.136. The van der Waals surface area contributed by atoms with Gasteiger partial charge in [-0.15, -0.1) is 0 Å². The molecule has 51 heavy (non-hydrogen) atoms. The molecular formula is C44H39Br3O4. The van der Waals surface area contributed by atoms with Crippen LogP contribution in [0.1, 0.15) is 28.2 Å². The summed E-state index contributed by atoms with van der Waals surface area (Å²) in [7, 11) is 2.85. The van der Waals surface area contributed by atoms with Gasteiger partial charge in [0.1, 0.15) is 0 Å². The number of benzene rings is 6. The number of methoxy groups -OCH3 is 2. The highest BCUT2D eigenvalue weighted by molar-refractivity contribution is 9.10. The van der Waals surface area contributed by atoms with Crippen LogP contribution >= 0.6 is 47.8 Å². The predicted molar refractivity (Wildman–Crippen MR) is 219 cm³/mol. The topological polar surface area (TPSA) is 52.6 Å². The molecule has 7 heteroatoms. The van der Waals surface area contributed by atoms with E-state index in [1.165, 1.54) is 19.8 Å².